The summed E-state index contributed by atoms with van der Waals surface area (Å²) in [5.74, 6) is -1.63. The van der Waals surface area contributed by atoms with Gasteiger partial charge in [-0.25, -0.2) is 0 Å². The highest BCUT2D eigenvalue weighted by molar-refractivity contribution is 5.99. The molecule has 1 fully saturated rings. The molecule has 2 amide bonds. The molecular weight excluding hydrogens is 296 g/mol. The standard InChI is InChI=1S/C17H22N2O4/c1-2-12-7-3-4-8-13(12)16(22)18-14-9-5-6-10-19(17(14)23)11-15(20)21/h3-4,7-8,14H,2,5-6,9-11H2,1H3,(H,18,22)(H,20,21). The van der Waals surface area contributed by atoms with Gasteiger partial charge in [0.2, 0.25) is 5.91 Å². The molecular formula is C17H22N2O4. The zero-order valence-corrected chi connectivity index (χ0v) is 13.2. The van der Waals surface area contributed by atoms with Gasteiger partial charge in [0.05, 0.1) is 0 Å². The summed E-state index contributed by atoms with van der Waals surface area (Å²) in [6.07, 6.45) is 2.79. The maximum absolute atomic E-state index is 12.5. The van der Waals surface area contributed by atoms with E-state index >= 15 is 0 Å². The Balaban J connectivity index is 2.12. The van der Waals surface area contributed by atoms with Gasteiger partial charge in [0.1, 0.15) is 12.6 Å². The van der Waals surface area contributed by atoms with Crippen molar-refractivity contribution in [1.82, 2.24) is 10.2 Å². The van der Waals surface area contributed by atoms with Crippen LogP contribution in [0.15, 0.2) is 24.3 Å². The highest BCUT2D eigenvalue weighted by atomic mass is 16.4. The van der Waals surface area contributed by atoms with E-state index in [0.717, 1.165) is 24.8 Å². The van der Waals surface area contributed by atoms with E-state index in [1.165, 1.54) is 4.90 Å². The van der Waals surface area contributed by atoms with Gasteiger partial charge in [-0.05, 0) is 37.3 Å². The third-order valence-electron chi connectivity index (χ3n) is 4.05. The van der Waals surface area contributed by atoms with Gasteiger partial charge in [0.15, 0.2) is 0 Å². The lowest BCUT2D eigenvalue weighted by molar-refractivity contribution is -0.144. The SMILES string of the molecule is CCc1ccccc1C(=O)NC1CCCCN(CC(=O)O)C1=O. The van der Waals surface area contributed by atoms with E-state index in [2.05, 4.69) is 5.32 Å². The minimum atomic E-state index is -1.04. The van der Waals surface area contributed by atoms with E-state index in [1.54, 1.807) is 12.1 Å². The second-order valence-electron chi connectivity index (χ2n) is 5.69. The smallest absolute Gasteiger partial charge is 0.323 e. The van der Waals surface area contributed by atoms with Gasteiger partial charge in [-0.1, -0.05) is 25.1 Å². The predicted molar refractivity (Wildman–Crippen MR) is 85.1 cm³/mol. The van der Waals surface area contributed by atoms with Crippen molar-refractivity contribution >= 4 is 17.8 Å². The van der Waals surface area contributed by atoms with Gasteiger partial charge < -0.3 is 15.3 Å². The summed E-state index contributed by atoms with van der Waals surface area (Å²) >= 11 is 0. The van der Waals surface area contributed by atoms with Gasteiger partial charge in [-0.3, -0.25) is 14.4 Å². The van der Waals surface area contributed by atoms with Crippen molar-refractivity contribution in [1.29, 1.82) is 0 Å². The van der Waals surface area contributed by atoms with Crippen LogP contribution in [0.3, 0.4) is 0 Å². The van der Waals surface area contributed by atoms with Gasteiger partial charge in [-0.15, -0.1) is 0 Å². The first-order valence-electron chi connectivity index (χ1n) is 7.92. The molecule has 2 rings (SSSR count). The molecule has 0 aliphatic carbocycles. The number of amides is 2. The zero-order valence-electron chi connectivity index (χ0n) is 13.2. The average molecular weight is 318 g/mol. The number of likely N-dealkylation sites (tertiary alicyclic amines) is 1. The monoisotopic (exact) mass is 318 g/mol. The Hall–Kier alpha value is -2.37. The fraction of sp³-hybridized carbons (Fsp3) is 0.471. The van der Waals surface area contributed by atoms with Crippen LogP contribution in [-0.4, -0.2) is 46.9 Å². The van der Waals surface area contributed by atoms with Gasteiger partial charge in [-0.2, -0.15) is 0 Å². The van der Waals surface area contributed by atoms with E-state index in [0.29, 0.717) is 18.5 Å². The number of carboxylic acid groups (broad SMARTS) is 1. The first kappa shape index (κ1) is 17.0. The third kappa shape index (κ3) is 4.31. The fourth-order valence-electron chi connectivity index (χ4n) is 2.85. The van der Waals surface area contributed by atoms with Crippen LogP contribution in [0, 0.1) is 0 Å². The largest absolute Gasteiger partial charge is 0.480 e. The summed E-state index contributed by atoms with van der Waals surface area (Å²) in [4.78, 5) is 37.1. The quantitative estimate of drug-likeness (QED) is 0.860. The molecule has 1 aliphatic heterocycles. The second-order valence-corrected chi connectivity index (χ2v) is 5.69. The molecule has 23 heavy (non-hydrogen) atoms. The minimum Gasteiger partial charge on any atom is -0.480 e. The second kappa shape index (κ2) is 7.76. The summed E-state index contributed by atoms with van der Waals surface area (Å²) in [5.41, 5.74) is 1.49. The lowest BCUT2D eigenvalue weighted by Crippen LogP contribution is -2.48. The zero-order chi connectivity index (χ0) is 16.8. The van der Waals surface area contributed by atoms with Crippen LogP contribution in [-0.2, 0) is 16.0 Å². The molecule has 0 radical (unpaired) electrons. The van der Waals surface area contributed by atoms with E-state index in [1.807, 2.05) is 19.1 Å². The lowest BCUT2D eigenvalue weighted by Gasteiger charge is -2.23. The summed E-state index contributed by atoms with van der Waals surface area (Å²) in [7, 11) is 0. The molecule has 0 bridgehead atoms. The maximum Gasteiger partial charge on any atom is 0.323 e. The molecule has 0 saturated carbocycles. The Morgan fingerprint density at radius 2 is 2.04 bits per heavy atom. The van der Waals surface area contributed by atoms with E-state index < -0.39 is 12.0 Å². The number of carboxylic acids is 1. The van der Waals surface area contributed by atoms with Gasteiger partial charge in [0.25, 0.3) is 5.91 Å². The van der Waals surface area contributed by atoms with Gasteiger partial charge >= 0.3 is 5.97 Å². The van der Waals surface area contributed by atoms with Crippen molar-refractivity contribution in [3.05, 3.63) is 35.4 Å². The molecule has 1 atom stereocenters. The Kier molecular flexibility index (Phi) is 5.73. The molecule has 1 unspecified atom stereocenters. The molecule has 2 N–H and O–H groups in total. The summed E-state index contributed by atoms with van der Waals surface area (Å²) in [5, 5.41) is 11.7. The first-order chi connectivity index (χ1) is 11.0. The minimum absolute atomic E-state index is 0.280. The molecule has 1 saturated heterocycles. The molecule has 6 heteroatoms. The molecule has 0 aromatic heterocycles. The van der Waals surface area contributed by atoms with E-state index in [4.69, 9.17) is 5.11 Å². The highest BCUT2D eigenvalue weighted by Gasteiger charge is 2.29. The van der Waals surface area contributed by atoms with Crippen LogP contribution in [0.2, 0.25) is 0 Å². The number of hydrogen-bond acceptors (Lipinski definition) is 3. The van der Waals surface area contributed by atoms with Crippen molar-refractivity contribution in [2.75, 3.05) is 13.1 Å². The van der Waals surface area contributed by atoms with Crippen molar-refractivity contribution in [3.8, 4) is 0 Å². The van der Waals surface area contributed by atoms with Crippen molar-refractivity contribution in [2.24, 2.45) is 0 Å². The fourth-order valence-corrected chi connectivity index (χ4v) is 2.85. The molecule has 1 heterocycles. The van der Waals surface area contributed by atoms with Crippen molar-refractivity contribution < 1.29 is 19.5 Å². The van der Waals surface area contributed by atoms with Crippen LogP contribution in [0.5, 0.6) is 0 Å². The van der Waals surface area contributed by atoms with Gasteiger partial charge in [0, 0.05) is 12.1 Å². The number of hydrogen-bond donors (Lipinski definition) is 2. The summed E-state index contributed by atoms with van der Waals surface area (Å²) in [6, 6.07) is 6.64. The molecule has 1 aromatic carbocycles. The van der Waals surface area contributed by atoms with Crippen LogP contribution >= 0.6 is 0 Å². The van der Waals surface area contributed by atoms with Crippen molar-refractivity contribution in [2.45, 2.75) is 38.6 Å². The van der Waals surface area contributed by atoms with Crippen LogP contribution in [0.25, 0.3) is 0 Å². The lowest BCUT2D eigenvalue weighted by atomic mass is 10.0. The molecule has 1 aromatic rings. The highest BCUT2D eigenvalue weighted by Crippen LogP contribution is 2.14. The summed E-state index contributed by atoms with van der Waals surface area (Å²) in [6.45, 7) is 2.07. The third-order valence-corrected chi connectivity index (χ3v) is 4.05. The number of rotatable bonds is 5. The number of aryl methyl sites for hydroxylation is 1. The van der Waals surface area contributed by atoms with Crippen LogP contribution in [0.4, 0.5) is 0 Å². The maximum atomic E-state index is 12.5. The number of nitrogens with zero attached hydrogens (tertiary/aromatic N) is 1. The van der Waals surface area contributed by atoms with Crippen molar-refractivity contribution in [3.63, 3.8) is 0 Å². The Morgan fingerprint density at radius 1 is 1.30 bits per heavy atom. The number of carbonyl (C=O) groups excluding carboxylic acids is 2. The van der Waals surface area contributed by atoms with E-state index in [9.17, 15) is 14.4 Å². The molecule has 0 spiro atoms. The number of aliphatic carboxylic acids is 1. The molecule has 6 nitrogen and oxygen atoms in total. The first-order valence-corrected chi connectivity index (χ1v) is 7.92. The number of carbonyl (C=O) groups is 3. The topological polar surface area (TPSA) is 86.7 Å². The average Bonchev–Trinajstić information content (AvgIpc) is 2.70. The number of nitrogens with one attached hydrogen (secondary N) is 1. The van der Waals surface area contributed by atoms with Crippen LogP contribution < -0.4 is 5.32 Å². The van der Waals surface area contributed by atoms with Crippen LogP contribution in [0.1, 0.15) is 42.1 Å². The molecule has 1 aliphatic rings. The Bertz CT molecular complexity index is 600. The summed E-state index contributed by atoms with van der Waals surface area (Å²) < 4.78 is 0. The Labute approximate surface area is 135 Å². The Morgan fingerprint density at radius 3 is 2.74 bits per heavy atom. The van der Waals surface area contributed by atoms with E-state index in [-0.39, 0.29) is 18.4 Å². The predicted octanol–water partition coefficient (Wildman–Crippen LogP) is 1.44. The number of benzene rings is 1. The molecule has 124 valence electrons. The normalized spacial score (nSPS) is 18.4.